The third-order valence-electron chi connectivity index (χ3n) is 2.92. The van der Waals surface area contributed by atoms with Crippen molar-refractivity contribution in [3.63, 3.8) is 0 Å². The first kappa shape index (κ1) is 15.7. The zero-order chi connectivity index (χ0) is 15.8. The van der Waals surface area contributed by atoms with Gasteiger partial charge in [-0.2, -0.15) is 0 Å². The predicted molar refractivity (Wildman–Crippen MR) is 82.4 cm³/mol. The molecule has 0 unspecified atom stereocenters. The first-order valence-corrected chi connectivity index (χ1v) is 6.78. The summed E-state index contributed by atoms with van der Waals surface area (Å²) in [5.74, 6) is -0.732. The van der Waals surface area contributed by atoms with Crippen LogP contribution in [0.15, 0.2) is 48.7 Å². The fraction of sp³-hybridized carbons (Fsp3) is 0.188. The molecule has 2 aromatic rings. The topological polar surface area (TPSA) is 80.3 Å². The number of carbonyl (C=O) groups is 2. The van der Waals surface area contributed by atoms with Gasteiger partial charge in [0.2, 0.25) is 5.91 Å². The average molecular weight is 299 g/mol. The van der Waals surface area contributed by atoms with Crippen molar-refractivity contribution < 1.29 is 14.3 Å². The number of amides is 1. The van der Waals surface area contributed by atoms with E-state index in [0.717, 1.165) is 5.69 Å². The number of benzene rings is 1. The van der Waals surface area contributed by atoms with Crippen LogP contribution in [0.5, 0.6) is 0 Å². The molecule has 2 rings (SSSR count). The number of nitrogens with one attached hydrogen (secondary N) is 2. The Balaban J connectivity index is 1.88. The highest BCUT2D eigenvalue weighted by atomic mass is 16.5. The molecule has 0 atom stereocenters. The summed E-state index contributed by atoms with van der Waals surface area (Å²) < 4.78 is 4.68. The maximum atomic E-state index is 11.9. The SMILES string of the molecule is COC(=O)c1ccccc1NC(=O)CNCc1ccccn1. The zero-order valence-corrected chi connectivity index (χ0v) is 12.2. The van der Waals surface area contributed by atoms with Crippen molar-refractivity contribution in [1.29, 1.82) is 0 Å². The number of aromatic nitrogens is 1. The van der Waals surface area contributed by atoms with Gasteiger partial charge < -0.3 is 15.4 Å². The molecule has 0 radical (unpaired) electrons. The summed E-state index contributed by atoms with van der Waals surface area (Å²) in [6, 6.07) is 12.3. The molecule has 0 saturated carbocycles. The van der Waals surface area contributed by atoms with Crippen LogP contribution in [-0.2, 0) is 16.1 Å². The van der Waals surface area contributed by atoms with Crippen molar-refractivity contribution in [1.82, 2.24) is 10.3 Å². The zero-order valence-electron chi connectivity index (χ0n) is 12.2. The molecule has 1 amide bonds. The Hall–Kier alpha value is -2.73. The smallest absolute Gasteiger partial charge is 0.339 e. The van der Waals surface area contributed by atoms with Gasteiger partial charge in [0.05, 0.1) is 30.6 Å². The molecule has 1 aromatic carbocycles. The highest BCUT2D eigenvalue weighted by molar-refractivity contribution is 6.01. The minimum absolute atomic E-state index is 0.117. The van der Waals surface area contributed by atoms with Gasteiger partial charge in [0.15, 0.2) is 0 Å². The molecule has 0 aliphatic heterocycles. The monoisotopic (exact) mass is 299 g/mol. The van der Waals surface area contributed by atoms with E-state index in [0.29, 0.717) is 17.8 Å². The highest BCUT2D eigenvalue weighted by Crippen LogP contribution is 2.15. The molecule has 1 aromatic heterocycles. The van der Waals surface area contributed by atoms with Gasteiger partial charge >= 0.3 is 5.97 Å². The quantitative estimate of drug-likeness (QED) is 0.792. The Bertz CT molecular complexity index is 644. The number of ether oxygens (including phenoxy) is 1. The van der Waals surface area contributed by atoms with Gasteiger partial charge in [-0.25, -0.2) is 4.79 Å². The molecule has 1 heterocycles. The molecule has 0 saturated heterocycles. The molecule has 6 nitrogen and oxygen atoms in total. The van der Waals surface area contributed by atoms with E-state index in [1.807, 2.05) is 18.2 Å². The van der Waals surface area contributed by atoms with Gasteiger partial charge in [-0.15, -0.1) is 0 Å². The normalized spacial score (nSPS) is 10.0. The van der Waals surface area contributed by atoms with E-state index in [1.54, 1.807) is 30.5 Å². The van der Waals surface area contributed by atoms with Crippen molar-refractivity contribution >= 4 is 17.6 Å². The van der Waals surface area contributed by atoms with Gasteiger partial charge in [0, 0.05) is 12.7 Å². The van der Waals surface area contributed by atoms with Crippen LogP contribution in [0.1, 0.15) is 16.1 Å². The lowest BCUT2D eigenvalue weighted by atomic mass is 10.2. The minimum atomic E-state index is -0.489. The molecule has 2 N–H and O–H groups in total. The molecule has 6 heteroatoms. The molecule has 0 aliphatic rings. The summed E-state index contributed by atoms with van der Waals surface area (Å²) in [6.45, 7) is 0.610. The van der Waals surface area contributed by atoms with E-state index in [4.69, 9.17) is 0 Å². The summed E-state index contributed by atoms with van der Waals surface area (Å²) in [5.41, 5.74) is 1.60. The minimum Gasteiger partial charge on any atom is -0.465 e. The fourth-order valence-corrected chi connectivity index (χ4v) is 1.88. The van der Waals surface area contributed by atoms with E-state index in [9.17, 15) is 9.59 Å². The van der Waals surface area contributed by atoms with Crippen LogP contribution in [0.4, 0.5) is 5.69 Å². The molecule has 0 aliphatic carbocycles. The Kier molecular flexibility index (Phi) is 5.62. The molecule has 0 bridgehead atoms. The van der Waals surface area contributed by atoms with Crippen LogP contribution in [0.2, 0.25) is 0 Å². The van der Waals surface area contributed by atoms with Crippen LogP contribution in [0.25, 0.3) is 0 Å². The number of nitrogens with zero attached hydrogens (tertiary/aromatic N) is 1. The van der Waals surface area contributed by atoms with Crippen molar-refractivity contribution in [3.8, 4) is 0 Å². The van der Waals surface area contributed by atoms with Crippen LogP contribution >= 0.6 is 0 Å². The summed E-state index contributed by atoms with van der Waals surface area (Å²) in [6.07, 6.45) is 1.70. The molecule has 22 heavy (non-hydrogen) atoms. The second kappa shape index (κ2) is 7.90. The molecule has 114 valence electrons. The number of para-hydroxylation sites is 1. The lowest BCUT2D eigenvalue weighted by molar-refractivity contribution is -0.115. The Labute approximate surface area is 128 Å². The third-order valence-corrected chi connectivity index (χ3v) is 2.92. The molecule has 0 spiro atoms. The van der Waals surface area contributed by atoms with Gasteiger partial charge in [0.25, 0.3) is 0 Å². The van der Waals surface area contributed by atoms with Crippen molar-refractivity contribution in [2.75, 3.05) is 19.0 Å². The number of hydrogen-bond acceptors (Lipinski definition) is 5. The standard InChI is InChI=1S/C16H17N3O3/c1-22-16(21)13-7-2-3-8-14(13)19-15(20)11-17-10-12-6-4-5-9-18-12/h2-9,17H,10-11H2,1H3,(H,19,20). The Morgan fingerprint density at radius 3 is 2.64 bits per heavy atom. The summed E-state index contributed by atoms with van der Waals surface area (Å²) in [5, 5.41) is 5.68. The van der Waals surface area contributed by atoms with Gasteiger partial charge in [0.1, 0.15) is 0 Å². The third kappa shape index (κ3) is 4.39. The fourth-order valence-electron chi connectivity index (χ4n) is 1.88. The van der Waals surface area contributed by atoms with Crippen LogP contribution in [0, 0.1) is 0 Å². The van der Waals surface area contributed by atoms with Crippen LogP contribution in [-0.4, -0.2) is 30.5 Å². The van der Waals surface area contributed by atoms with Gasteiger partial charge in [-0.3, -0.25) is 9.78 Å². The van der Waals surface area contributed by atoms with Crippen molar-refractivity contribution in [3.05, 3.63) is 59.9 Å². The van der Waals surface area contributed by atoms with E-state index in [2.05, 4.69) is 20.4 Å². The number of methoxy groups -OCH3 is 1. The van der Waals surface area contributed by atoms with Gasteiger partial charge in [-0.1, -0.05) is 18.2 Å². The number of anilines is 1. The van der Waals surface area contributed by atoms with E-state index >= 15 is 0 Å². The second-order valence-corrected chi connectivity index (χ2v) is 4.51. The summed E-state index contributed by atoms with van der Waals surface area (Å²) in [7, 11) is 1.30. The van der Waals surface area contributed by atoms with Crippen LogP contribution in [0.3, 0.4) is 0 Å². The number of carbonyl (C=O) groups excluding carboxylic acids is 2. The molecular formula is C16H17N3O3. The summed E-state index contributed by atoms with van der Waals surface area (Å²) in [4.78, 5) is 27.7. The summed E-state index contributed by atoms with van der Waals surface area (Å²) >= 11 is 0. The number of rotatable bonds is 6. The van der Waals surface area contributed by atoms with Crippen LogP contribution < -0.4 is 10.6 Å². The lowest BCUT2D eigenvalue weighted by Crippen LogP contribution is -2.28. The highest BCUT2D eigenvalue weighted by Gasteiger charge is 2.12. The average Bonchev–Trinajstić information content (AvgIpc) is 2.55. The lowest BCUT2D eigenvalue weighted by Gasteiger charge is -2.10. The number of pyridine rings is 1. The maximum absolute atomic E-state index is 11.9. The van der Waals surface area contributed by atoms with E-state index in [-0.39, 0.29) is 12.5 Å². The first-order chi connectivity index (χ1) is 10.7. The van der Waals surface area contributed by atoms with Gasteiger partial charge in [-0.05, 0) is 24.3 Å². The number of esters is 1. The largest absolute Gasteiger partial charge is 0.465 e. The second-order valence-electron chi connectivity index (χ2n) is 4.51. The van der Waals surface area contributed by atoms with Crippen molar-refractivity contribution in [2.24, 2.45) is 0 Å². The van der Waals surface area contributed by atoms with E-state index < -0.39 is 5.97 Å². The maximum Gasteiger partial charge on any atom is 0.339 e. The first-order valence-electron chi connectivity index (χ1n) is 6.78. The van der Waals surface area contributed by atoms with E-state index in [1.165, 1.54) is 7.11 Å². The predicted octanol–water partition coefficient (Wildman–Crippen LogP) is 1.60. The Morgan fingerprint density at radius 2 is 1.91 bits per heavy atom. The van der Waals surface area contributed by atoms with Crippen molar-refractivity contribution in [2.45, 2.75) is 6.54 Å². The Morgan fingerprint density at radius 1 is 1.14 bits per heavy atom. The molecule has 0 fully saturated rings. The number of hydrogen-bond donors (Lipinski definition) is 2. The molecular weight excluding hydrogens is 282 g/mol.